The summed E-state index contributed by atoms with van der Waals surface area (Å²) in [5.74, 6) is 0. The van der Waals surface area contributed by atoms with Crippen LogP contribution in [0, 0.1) is 0 Å². The molecule has 4 nitrogen and oxygen atoms in total. The number of nitrogens with zero attached hydrogens (tertiary/aromatic N) is 2. The van der Waals surface area contributed by atoms with Gasteiger partial charge < -0.3 is 14.6 Å². The van der Waals surface area contributed by atoms with Crippen LogP contribution >= 0.6 is 0 Å². The fourth-order valence-electron chi connectivity index (χ4n) is 2.51. The lowest BCUT2D eigenvalue weighted by atomic mass is 9.92. The zero-order valence-corrected chi connectivity index (χ0v) is 11.9. The van der Waals surface area contributed by atoms with Gasteiger partial charge in [-0.3, -0.25) is 0 Å². The van der Waals surface area contributed by atoms with Crippen molar-refractivity contribution >= 4 is 0 Å². The highest BCUT2D eigenvalue weighted by atomic mass is 16.5. The maximum atomic E-state index is 5.43. The van der Waals surface area contributed by atoms with Crippen molar-refractivity contribution in [1.82, 2.24) is 14.9 Å². The first kappa shape index (κ1) is 13.3. The third kappa shape index (κ3) is 3.08. The van der Waals surface area contributed by atoms with Crippen LogP contribution in [0.2, 0.25) is 0 Å². The van der Waals surface area contributed by atoms with Gasteiger partial charge in [-0.05, 0) is 37.5 Å². The molecule has 0 bridgehead atoms. The molecule has 0 unspecified atom stereocenters. The van der Waals surface area contributed by atoms with Crippen molar-refractivity contribution in [3.63, 3.8) is 0 Å². The summed E-state index contributed by atoms with van der Waals surface area (Å²) in [6.07, 6.45) is 7.73. The Labute approximate surface area is 119 Å². The Kier molecular flexibility index (Phi) is 3.85. The molecule has 1 N–H and O–H groups in total. The van der Waals surface area contributed by atoms with Gasteiger partial charge >= 0.3 is 0 Å². The lowest BCUT2D eigenvalue weighted by Gasteiger charge is -2.34. The van der Waals surface area contributed by atoms with E-state index in [1.807, 2.05) is 17.1 Å². The van der Waals surface area contributed by atoms with Gasteiger partial charge in [0, 0.05) is 43.4 Å². The molecule has 1 aliphatic rings. The van der Waals surface area contributed by atoms with Gasteiger partial charge in [-0.2, -0.15) is 0 Å². The van der Waals surface area contributed by atoms with Crippen LogP contribution in [0.25, 0.3) is 5.69 Å². The van der Waals surface area contributed by atoms with Crippen molar-refractivity contribution < 1.29 is 4.74 Å². The van der Waals surface area contributed by atoms with Gasteiger partial charge in [0.1, 0.15) is 0 Å². The fourth-order valence-corrected chi connectivity index (χ4v) is 2.51. The molecule has 0 aliphatic carbocycles. The van der Waals surface area contributed by atoms with Crippen LogP contribution in [0.15, 0.2) is 43.0 Å². The Morgan fingerprint density at radius 3 is 2.65 bits per heavy atom. The highest BCUT2D eigenvalue weighted by Gasteiger charge is 2.26. The quantitative estimate of drug-likeness (QED) is 0.928. The van der Waals surface area contributed by atoms with Crippen molar-refractivity contribution in [3.8, 4) is 5.69 Å². The number of benzene rings is 1. The van der Waals surface area contributed by atoms with Crippen molar-refractivity contribution in [2.24, 2.45) is 0 Å². The minimum atomic E-state index is 0.210. The molecule has 0 amide bonds. The van der Waals surface area contributed by atoms with E-state index in [2.05, 4.69) is 41.5 Å². The molecular formula is C16H21N3O. The Bertz CT molecular complexity index is 527. The zero-order chi connectivity index (χ0) is 13.8. The smallest absolute Gasteiger partial charge is 0.0991 e. The molecular weight excluding hydrogens is 250 g/mol. The monoisotopic (exact) mass is 271 g/mol. The van der Waals surface area contributed by atoms with Crippen LogP contribution in [0.4, 0.5) is 0 Å². The van der Waals surface area contributed by atoms with Gasteiger partial charge in [-0.25, -0.2) is 4.98 Å². The van der Waals surface area contributed by atoms with E-state index >= 15 is 0 Å². The Morgan fingerprint density at radius 1 is 1.25 bits per heavy atom. The summed E-state index contributed by atoms with van der Waals surface area (Å²) in [7, 11) is 0. The molecule has 1 aliphatic heterocycles. The normalized spacial score (nSPS) is 18.1. The highest BCUT2D eigenvalue weighted by Crippen LogP contribution is 2.20. The molecule has 0 radical (unpaired) electrons. The summed E-state index contributed by atoms with van der Waals surface area (Å²) >= 11 is 0. The second-order valence-electron chi connectivity index (χ2n) is 5.66. The van der Waals surface area contributed by atoms with Crippen molar-refractivity contribution in [2.75, 3.05) is 13.2 Å². The van der Waals surface area contributed by atoms with Crippen LogP contribution < -0.4 is 5.32 Å². The number of hydrogen-bond donors (Lipinski definition) is 1. The standard InChI is InChI=1S/C16H21N3O/c1-16(6-10-20-11-7-16)18-12-14-2-4-15(5-3-14)19-9-8-17-13-19/h2-5,8-9,13,18H,6-7,10-12H2,1H3. The summed E-state index contributed by atoms with van der Waals surface area (Å²) in [6, 6.07) is 8.60. The summed E-state index contributed by atoms with van der Waals surface area (Å²) in [5, 5.41) is 3.67. The van der Waals surface area contributed by atoms with E-state index in [4.69, 9.17) is 4.74 Å². The van der Waals surface area contributed by atoms with E-state index in [1.54, 1.807) is 6.20 Å². The lowest BCUT2D eigenvalue weighted by molar-refractivity contribution is 0.0446. The van der Waals surface area contributed by atoms with Crippen LogP contribution in [0.5, 0.6) is 0 Å². The van der Waals surface area contributed by atoms with Gasteiger partial charge in [0.15, 0.2) is 0 Å². The molecule has 2 aromatic rings. The number of rotatable bonds is 4. The van der Waals surface area contributed by atoms with Crippen molar-refractivity contribution in [2.45, 2.75) is 31.8 Å². The second-order valence-corrected chi connectivity index (χ2v) is 5.66. The van der Waals surface area contributed by atoms with Gasteiger partial charge in [0.05, 0.1) is 6.33 Å². The van der Waals surface area contributed by atoms with Gasteiger partial charge in [0.25, 0.3) is 0 Å². The van der Waals surface area contributed by atoms with Crippen LogP contribution in [0.1, 0.15) is 25.3 Å². The largest absolute Gasteiger partial charge is 0.381 e. The number of nitrogens with one attached hydrogen (secondary N) is 1. The SMILES string of the molecule is CC1(NCc2ccc(-n3ccnc3)cc2)CCOCC1. The number of imidazole rings is 1. The molecule has 106 valence electrons. The maximum Gasteiger partial charge on any atom is 0.0991 e. The molecule has 2 heterocycles. The average Bonchev–Trinajstić information content (AvgIpc) is 3.01. The Morgan fingerprint density at radius 2 is 2.00 bits per heavy atom. The van der Waals surface area contributed by atoms with E-state index in [0.29, 0.717) is 0 Å². The van der Waals surface area contributed by atoms with Gasteiger partial charge in [-0.1, -0.05) is 12.1 Å². The molecule has 4 heteroatoms. The minimum absolute atomic E-state index is 0.210. The third-order valence-electron chi connectivity index (χ3n) is 4.05. The summed E-state index contributed by atoms with van der Waals surface area (Å²) in [6.45, 7) is 4.92. The topological polar surface area (TPSA) is 39.1 Å². The summed E-state index contributed by atoms with van der Waals surface area (Å²) < 4.78 is 7.44. The van der Waals surface area contributed by atoms with E-state index in [1.165, 1.54) is 5.56 Å². The van der Waals surface area contributed by atoms with Crippen LogP contribution in [0.3, 0.4) is 0 Å². The maximum absolute atomic E-state index is 5.43. The molecule has 1 aromatic carbocycles. The first-order chi connectivity index (χ1) is 9.75. The third-order valence-corrected chi connectivity index (χ3v) is 4.05. The number of aromatic nitrogens is 2. The Balaban J connectivity index is 1.61. The second kappa shape index (κ2) is 5.77. The van der Waals surface area contributed by atoms with Gasteiger partial charge in [0.2, 0.25) is 0 Å². The predicted octanol–water partition coefficient (Wildman–Crippen LogP) is 2.53. The minimum Gasteiger partial charge on any atom is -0.381 e. The first-order valence-corrected chi connectivity index (χ1v) is 7.15. The summed E-state index contributed by atoms with van der Waals surface area (Å²) in [4.78, 5) is 4.07. The number of hydrogen-bond acceptors (Lipinski definition) is 3. The van der Waals surface area contributed by atoms with E-state index in [9.17, 15) is 0 Å². The molecule has 0 saturated carbocycles. The van der Waals surface area contributed by atoms with E-state index < -0.39 is 0 Å². The fraction of sp³-hybridized carbons (Fsp3) is 0.438. The van der Waals surface area contributed by atoms with Gasteiger partial charge in [-0.15, -0.1) is 0 Å². The predicted molar refractivity (Wildman–Crippen MR) is 78.9 cm³/mol. The molecule has 0 atom stereocenters. The molecule has 0 spiro atoms. The highest BCUT2D eigenvalue weighted by molar-refractivity contribution is 5.34. The Hall–Kier alpha value is -1.65. The molecule has 1 saturated heterocycles. The van der Waals surface area contributed by atoms with Crippen LogP contribution in [-0.2, 0) is 11.3 Å². The number of ether oxygens (including phenoxy) is 1. The van der Waals surface area contributed by atoms with Crippen molar-refractivity contribution in [3.05, 3.63) is 48.5 Å². The molecule has 1 fully saturated rings. The van der Waals surface area contributed by atoms with Crippen molar-refractivity contribution in [1.29, 1.82) is 0 Å². The summed E-state index contributed by atoms with van der Waals surface area (Å²) in [5.41, 5.74) is 2.66. The van der Waals surface area contributed by atoms with Crippen LogP contribution in [-0.4, -0.2) is 28.3 Å². The zero-order valence-electron chi connectivity index (χ0n) is 11.9. The lowest BCUT2D eigenvalue weighted by Crippen LogP contribution is -2.46. The molecule has 3 rings (SSSR count). The average molecular weight is 271 g/mol. The molecule has 1 aromatic heterocycles. The van der Waals surface area contributed by atoms with E-state index in [-0.39, 0.29) is 5.54 Å². The molecule has 20 heavy (non-hydrogen) atoms. The van der Waals surface area contributed by atoms with E-state index in [0.717, 1.165) is 38.3 Å². The first-order valence-electron chi connectivity index (χ1n) is 7.15.